The summed E-state index contributed by atoms with van der Waals surface area (Å²) in [4.78, 5) is 35.6. The number of aromatic hydroxyl groups is 1. The molecule has 12 nitrogen and oxygen atoms in total. The largest absolute Gasteiger partial charge is 0.547 e. The van der Waals surface area contributed by atoms with E-state index < -0.39 is 54.7 Å². The topological polar surface area (TPSA) is 203 Å². The highest BCUT2D eigenvalue weighted by molar-refractivity contribution is 6.10. The van der Waals surface area contributed by atoms with Crippen LogP contribution in [0.5, 0.6) is 17.2 Å². The third kappa shape index (κ3) is 7.50. The Bertz CT molecular complexity index is 1270. The number of hydrogen-bond donors (Lipinski definition) is 5. The molecule has 5 N–H and O–H groups in total. The number of aliphatic hydroxyl groups is 4. The number of allylic oxidation sites excluding steroid dienone is 2. The fraction of sp³-hybridized carbons (Fsp3) is 0.296. The minimum Gasteiger partial charge on any atom is -0.547 e. The fourth-order valence-electron chi connectivity index (χ4n) is 3.65. The molecule has 3 rings (SSSR count). The van der Waals surface area contributed by atoms with E-state index in [0.717, 1.165) is 0 Å². The van der Waals surface area contributed by atoms with Gasteiger partial charge in [0.25, 0.3) is 0 Å². The zero-order valence-corrected chi connectivity index (χ0v) is 20.7. The molecule has 0 saturated carbocycles. The van der Waals surface area contributed by atoms with Crippen molar-refractivity contribution in [3.63, 3.8) is 0 Å². The molecule has 1 fully saturated rings. The molecule has 5 atom stereocenters. The third-order valence-corrected chi connectivity index (χ3v) is 5.78. The van der Waals surface area contributed by atoms with Gasteiger partial charge in [-0.25, -0.2) is 0 Å². The first-order chi connectivity index (χ1) is 18.5. The van der Waals surface area contributed by atoms with Gasteiger partial charge in [0.1, 0.15) is 30.2 Å². The van der Waals surface area contributed by atoms with Crippen molar-refractivity contribution in [2.45, 2.75) is 43.7 Å². The van der Waals surface area contributed by atoms with Crippen LogP contribution < -0.4 is 14.6 Å². The first-order valence-corrected chi connectivity index (χ1v) is 11.6. The highest BCUT2D eigenvalue weighted by atomic mass is 16.7. The summed E-state index contributed by atoms with van der Waals surface area (Å²) in [6.07, 6.45) is -4.28. The van der Waals surface area contributed by atoms with Crippen molar-refractivity contribution in [1.82, 2.24) is 0 Å². The Morgan fingerprint density at radius 1 is 0.923 bits per heavy atom. The smallest absolute Gasteiger partial charge is 0.229 e. The SMILES string of the molecule is COc1cc(/C=C/C(=O)CC(=O)/C=C/c2ccc(O)c(CO)c2)ccc1OC1OC(C(=O)[O-])C(O)C(O)C1O. The number of carbonyl (C=O) groups excluding carboxylic acids is 3. The van der Waals surface area contributed by atoms with Crippen molar-refractivity contribution in [2.24, 2.45) is 0 Å². The van der Waals surface area contributed by atoms with Gasteiger partial charge in [-0.05, 0) is 47.5 Å². The number of ether oxygens (including phenoxy) is 3. The van der Waals surface area contributed by atoms with E-state index >= 15 is 0 Å². The Balaban J connectivity index is 1.63. The van der Waals surface area contributed by atoms with E-state index in [-0.39, 0.29) is 23.9 Å². The highest BCUT2D eigenvalue weighted by Gasteiger charge is 2.45. The molecular formula is C27H27O12-. The van der Waals surface area contributed by atoms with Crippen LogP contribution in [0.15, 0.2) is 48.6 Å². The van der Waals surface area contributed by atoms with Crippen LogP contribution in [0.2, 0.25) is 0 Å². The maximum Gasteiger partial charge on any atom is 0.229 e. The van der Waals surface area contributed by atoms with Crippen LogP contribution in [0.25, 0.3) is 12.2 Å². The normalized spacial score (nSPS) is 23.2. The van der Waals surface area contributed by atoms with Crippen molar-refractivity contribution in [3.05, 3.63) is 65.2 Å². The van der Waals surface area contributed by atoms with Gasteiger partial charge in [-0.15, -0.1) is 0 Å². The summed E-state index contributed by atoms with van der Waals surface area (Å²) in [6.45, 7) is -0.366. The summed E-state index contributed by atoms with van der Waals surface area (Å²) in [6, 6.07) is 8.79. The van der Waals surface area contributed by atoms with E-state index in [1.807, 2.05) is 0 Å². The molecule has 5 unspecified atom stereocenters. The lowest BCUT2D eigenvalue weighted by Gasteiger charge is -2.40. The van der Waals surface area contributed by atoms with E-state index in [1.165, 1.54) is 61.7 Å². The van der Waals surface area contributed by atoms with Gasteiger partial charge in [0, 0.05) is 5.56 Å². The molecule has 39 heavy (non-hydrogen) atoms. The zero-order chi connectivity index (χ0) is 28.7. The summed E-state index contributed by atoms with van der Waals surface area (Å²) < 4.78 is 15.8. The molecule has 0 aromatic heterocycles. The number of aliphatic carboxylic acids is 1. The van der Waals surface area contributed by atoms with Gasteiger partial charge in [0.05, 0.1) is 26.1 Å². The molecule has 1 saturated heterocycles. The van der Waals surface area contributed by atoms with Crippen LogP contribution in [-0.2, 0) is 25.7 Å². The van der Waals surface area contributed by atoms with Crippen molar-refractivity contribution in [2.75, 3.05) is 7.11 Å². The molecule has 208 valence electrons. The van der Waals surface area contributed by atoms with Gasteiger partial charge in [-0.2, -0.15) is 0 Å². The number of aliphatic hydroxyl groups excluding tert-OH is 4. The molecule has 0 radical (unpaired) electrons. The fourth-order valence-corrected chi connectivity index (χ4v) is 3.65. The van der Waals surface area contributed by atoms with E-state index in [9.17, 15) is 45.0 Å². The van der Waals surface area contributed by atoms with Crippen LogP contribution in [0.1, 0.15) is 23.1 Å². The molecule has 1 aliphatic heterocycles. The Morgan fingerprint density at radius 2 is 1.54 bits per heavy atom. The molecule has 0 aliphatic carbocycles. The number of benzene rings is 2. The minimum atomic E-state index is -1.94. The van der Waals surface area contributed by atoms with E-state index in [2.05, 4.69) is 0 Å². The highest BCUT2D eigenvalue weighted by Crippen LogP contribution is 2.32. The molecule has 2 aromatic rings. The lowest BCUT2D eigenvalue weighted by molar-refractivity contribution is -0.342. The first-order valence-electron chi connectivity index (χ1n) is 11.6. The zero-order valence-electron chi connectivity index (χ0n) is 20.7. The van der Waals surface area contributed by atoms with Crippen LogP contribution in [0, 0.1) is 0 Å². The van der Waals surface area contributed by atoms with Crippen LogP contribution in [-0.4, -0.2) is 80.9 Å². The van der Waals surface area contributed by atoms with Crippen molar-refractivity contribution < 1.29 is 59.2 Å². The number of hydrogen-bond acceptors (Lipinski definition) is 12. The Hall–Kier alpha value is -4.07. The molecule has 1 heterocycles. The molecule has 0 amide bonds. The second kappa shape index (κ2) is 13.1. The Kier molecular flexibility index (Phi) is 9.93. The Morgan fingerprint density at radius 3 is 2.13 bits per heavy atom. The summed E-state index contributed by atoms with van der Waals surface area (Å²) in [5, 5.41) is 59.8. The minimum absolute atomic E-state index is 0.00427. The number of carbonyl (C=O) groups is 3. The van der Waals surface area contributed by atoms with E-state index in [1.54, 1.807) is 6.07 Å². The molecular weight excluding hydrogens is 516 g/mol. The van der Waals surface area contributed by atoms with Crippen LogP contribution in [0.4, 0.5) is 0 Å². The van der Waals surface area contributed by atoms with Gasteiger partial charge < -0.3 is 49.6 Å². The van der Waals surface area contributed by atoms with Crippen LogP contribution >= 0.6 is 0 Å². The quantitative estimate of drug-likeness (QED) is 0.173. The van der Waals surface area contributed by atoms with Crippen molar-refractivity contribution in [1.29, 1.82) is 0 Å². The van der Waals surface area contributed by atoms with Gasteiger partial charge in [-0.1, -0.05) is 24.3 Å². The average Bonchev–Trinajstić information content (AvgIpc) is 2.91. The maximum absolute atomic E-state index is 12.2. The Labute approximate surface area is 222 Å². The number of carboxylic acid groups (broad SMARTS) is 1. The van der Waals surface area contributed by atoms with Crippen molar-refractivity contribution >= 4 is 29.7 Å². The van der Waals surface area contributed by atoms with Crippen LogP contribution in [0.3, 0.4) is 0 Å². The summed E-state index contributed by atoms with van der Waals surface area (Å²) in [7, 11) is 1.31. The molecule has 2 aromatic carbocycles. The number of rotatable bonds is 11. The summed E-state index contributed by atoms with van der Waals surface area (Å²) in [5.41, 5.74) is 1.34. The summed E-state index contributed by atoms with van der Waals surface area (Å²) >= 11 is 0. The molecule has 1 aliphatic rings. The molecule has 0 bridgehead atoms. The number of carboxylic acids is 1. The summed E-state index contributed by atoms with van der Waals surface area (Å²) in [5.74, 6) is -2.70. The number of methoxy groups -OCH3 is 1. The van der Waals surface area contributed by atoms with Gasteiger partial charge >= 0.3 is 0 Å². The maximum atomic E-state index is 12.2. The second-order valence-electron chi connectivity index (χ2n) is 8.57. The standard InChI is InChI=1S/C27H28O12/c1-37-21-11-15(5-9-20(21)38-27-24(34)22(32)23(33)25(39-27)26(35)36)3-7-18(30)12-17(29)6-2-14-4-8-19(31)16(10-14)13-28/h2-11,22-25,27-28,31-34H,12-13H2,1H3,(H,35,36)/p-1/b6-2+,7-3+. The van der Waals surface area contributed by atoms with Crippen molar-refractivity contribution in [3.8, 4) is 17.2 Å². The second-order valence-corrected chi connectivity index (χ2v) is 8.57. The lowest BCUT2D eigenvalue weighted by Crippen LogP contribution is -2.63. The van der Waals surface area contributed by atoms with Gasteiger partial charge in [0.2, 0.25) is 6.29 Å². The van der Waals surface area contributed by atoms with Gasteiger partial charge in [0.15, 0.2) is 23.1 Å². The number of phenols is 1. The monoisotopic (exact) mass is 543 g/mol. The predicted octanol–water partition coefficient (Wildman–Crippen LogP) is -0.916. The lowest BCUT2D eigenvalue weighted by atomic mass is 9.99. The molecule has 0 spiro atoms. The van der Waals surface area contributed by atoms with E-state index in [4.69, 9.17) is 14.2 Å². The number of ketones is 2. The van der Waals surface area contributed by atoms with E-state index in [0.29, 0.717) is 16.7 Å². The predicted molar refractivity (Wildman–Crippen MR) is 132 cm³/mol. The first kappa shape index (κ1) is 29.5. The third-order valence-electron chi connectivity index (χ3n) is 5.78. The average molecular weight is 544 g/mol. The van der Waals surface area contributed by atoms with Gasteiger partial charge in [-0.3, -0.25) is 9.59 Å². The molecule has 12 heteroatoms.